The summed E-state index contributed by atoms with van der Waals surface area (Å²) in [6.45, 7) is -0.0669. The van der Waals surface area contributed by atoms with Crippen molar-refractivity contribution in [3.05, 3.63) is 59.0 Å². The summed E-state index contributed by atoms with van der Waals surface area (Å²) >= 11 is 0. The van der Waals surface area contributed by atoms with Crippen LogP contribution in [0.15, 0.2) is 47.7 Å². The van der Waals surface area contributed by atoms with E-state index in [1.807, 2.05) is 0 Å². The van der Waals surface area contributed by atoms with E-state index in [0.29, 0.717) is 39.8 Å². The molecule has 1 unspecified atom stereocenters. The Morgan fingerprint density at radius 1 is 1.03 bits per heavy atom. The van der Waals surface area contributed by atoms with Gasteiger partial charge in [0.1, 0.15) is 12.4 Å². The maximum Gasteiger partial charge on any atom is 0.336 e. The normalized spacial score (nSPS) is 18.3. The van der Waals surface area contributed by atoms with Gasteiger partial charge in [0.2, 0.25) is 11.7 Å². The van der Waals surface area contributed by atoms with Gasteiger partial charge in [0.25, 0.3) is 0 Å². The van der Waals surface area contributed by atoms with Crippen LogP contribution in [0.3, 0.4) is 0 Å². The number of rotatable bonds is 5. The molecule has 30 heavy (non-hydrogen) atoms. The predicted octanol–water partition coefficient (Wildman–Crippen LogP) is 3.18. The Hall–Kier alpha value is -3.55. The van der Waals surface area contributed by atoms with Gasteiger partial charge in [-0.3, -0.25) is 9.69 Å². The molecule has 0 aromatic heterocycles. The molecule has 1 atom stereocenters. The van der Waals surface area contributed by atoms with Crippen molar-refractivity contribution in [1.29, 1.82) is 0 Å². The third kappa shape index (κ3) is 3.04. The van der Waals surface area contributed by atoms with Gasteiger partial charge in [-0.25, -0.2) is 9.18 Å². The molecule has 0 aliphatic carbocycles. The minimum atomic E-state index is -0.595. The van der Waals surface area contributed by atoms with E-state index in [4.69, 9.17) is 18.9 Å². The lowest BCUT2D eigenvalue weighted by molar-refractivity contribution is -0.136. The third-order valence-corrected chi connectivity index (χ3v) is 5.29. The summed E-state index contributed by atoms with van der Waals surface area (Å²) in [5.74, 6) is -0.657. The average molecular weight is 413 g/mol. The second-order valence-corrected chi connectivity index (χ2v) is 6.83. The third-order valence-electron chi connectivity index (χ3n) is 5.29. The zero-order chi connectivity index (χ0) is 21.4. The van der Waals surface area contributed by atoms with E-state index in [9.17, 15) is 14.0 Å². The van der Waals surface area contributed by atoms with Crippen molar-refractivity contribution >= 4 is 17.6 Å². The number of hydrogen-bond acceptors (Lipinski definition) is 6. The standard InChI is InChI=1S/C22H20FNO6/c1-27-17-8-7-14(20(28-2)21(17)29-3)15-10-18(25)24(13-6-4-5-12(23)9-13)16-11-30-22(26)19(15)16/h4-9,15H,10-11H2,1-3H3. The summed E-state index contributed by atoms with van der Waals surface area (Å²) in [6.07, 6.45) is -0.0176. The number of anilines is 1. The number of benzene rings is 2. The van der Waals surface area contributed by atoms with Crippen molar-refractivity contribution in [2.24, 2.45) is 0 Å². The Morgan fingerprint density at radius 3 is 2.47 bits per heavy atom. The quantitative estimate of drug-likeness (QED) is 0.701. The number of carbonyl (C=O) groups excluding carboxylic acids is 2. The van der Waals surface area contributed by atoms with Gasteiger partial charge in [-0.1, -0.05) is 12.1 Å². The van der Waals surface area contributed by atoms with Crippen molar-refractivity contribution in [3.63, 3.8) is 0 Å². The molecule has 4 rings (SSSR count). The molecule has 0 spiro atoms. The molecule has 2 aliphatic heterocycles. The lowest BCUT2D eigenvalue weighted by Crippen LogP contribution is -2.37. The first-order valence-corrected chi connectivity index (χ1v) is 9.27. The van der Waals surface area contributed by atoms with E-state index >= 15 is 0 Å². The second-order valence-electron chi connectivity index (χ2n) is 6.83. The first-order valence-electron chi connectivity index (χ1n) is 9.27. The van der Waals surface area contributed by atoms with Gasteiger partial charge in [0, 0.05) is 17.9 Å². The molecule has 2 aliphatic rings. The Balaban J connectivity index is 1.88. The summed E-state index contributed by atoms with van der Waals surface area (Å²) < 4.78 is 35.3. The number of halogens is 1. The number of methoxy groups -OCH3 is 3. The molecule has 8 heteroatoms. The van der Waals surface area contributed by atoms with E-state index in [2.05, 4.69) is 0 Å². The molecule has 2 aromatic rings. The molecule has 2 aromatic carbocycles. The highest BCUT2D eigenvalue weighted by Crippen LogP contribution is 2.49. The number of nitrogens with zero attached hydrogens (tertiary/aromatic N) is 1. The smallest absolute Gasteiger partial charge is 0.336 e. The van der Waals surface area contributed by atoms with Gasteiger partial charge < -0.3 is 18.9 Å². The lowest BCUT2D eigenvalue weighted by Gasteiger charge is -2.32. The summed E-state index contributed by atoms with van der Waals surface area (Å²) in [5.41, 5.74) is 1.71. The average Bonchev–Trinajstić information content (AvgIpc) is 3.13. The van der Waals surface area contributed by atoms with E-state index in [1.165, 1.54) is 44.4 Å². The fourth-order valence-electron chi connectivity index (χ4n) is 4.03. The largest absolute Gasteiger partial charge is 0.493 e. The molecule has 1 amide bonds. The minimum absolute atomic E-state index is 0.0176. The van der Waals surface area contributed by atoms with Gasteiger partial charge in [-0.15, -0.1) is 0 Å². The lowest BCUT2D eigenvalue weighted by atomic mass is 9.83. The fourth-order valence-corrected chi connectivity index (χ4v) is 4.03. The van der Waals surface area contributed by atoms with Crippen molar-refractivity contribution < 1.29 is 32.9 Å². The van der Waals surface area contributed by atoms with Crippen LogP contribution in [0, 0.1) is 5.82 Å². The number of cyclic esters (lactones) is 1. The number of hydrogen-bond donors (Lipinski definition) is 0. The zero-order valence-electron chi connectivity index (χ0n) is 16.7. The van der Waals surface area contributed by atoms with Crippen molar-refractivity contribution in [3.8, 4) is 17.2 Å². The van der Waals surface area contributed by atoms with Gasteiger partial charge in [-0.2, -0.15) is 0 Å². The van der Waals surface area contributed by atoms with Crippen LogP contribution in [-0.2, 0) is 14.3 Å². The van der Waals surface area contributed by atoms with E-state index in [0.717, 1.165) is 0 Å². The zero-order valence-corrected chi connectivity index (χ0v) is 16.7. The molecule has 0 N–H and O–H groups in total. The van der Waals surface area contributed by atoms with Crippen molar-refractivity contribution in [2.45, 2.75) is 12.3 Å². The van der Waals surface area contributed by atoms with E-state index in [-0.39, 0.29) is 18.9 Å². The fraction of sp³-hybridized carbons (Fsp3) is 0.273. The monoisotopic (exact) mass is 413 g/mol. The Kier molecular flexibility index (Phi) is 5.07. The molecule has 156 valence electrons. The Bertz CT molecular complexity index is 1060. The number of amides is 1. The highest BCUT2D eigenvalue weighted by atomic mass is 19.1. The molecule has 0 saturated heterocycles. The number of ether oxygens (including phenoxy) is 4. The molecule has 0 fully saturated rings. The molecular weight excluding hydrogens is 393 g/mol. The summed E-state index contributed by atoms with van der Waals surface area (Å²) in [5, 5.41) is 0. The Morgan fingerprint density at radius 2 is 1.80 bits per heavy atom. The molecule has 7 nitrogen and oxygen atoms in total. The first kappa shape index (κ1) is 19.8. The highest BCUT2D eigenvalue weighted by Gasteiger charge is 2.44. The SMILES string of the molecule is COc1ccc(C2CC(=O)N(c3cccc(F)c3)C3=C2C(=O)OC3)c(OC)c1OC. The van der Waals surface area contributed by atoms with Crippen LogP contribution >= 0.6 is 0 Å². The topological polar surface area (TPSA) is 74.3 Å². The Labute approximate surface area is 172 Å². The summed E-state index contributed by atoms with van der Waals surface area (Å²) in [7, 11) is 4.47. The number of esters is 1. The predicted molar refractivity (Wildman–Crippen MR) is 105 cm³/mol. The van der Waals surface area contributed by atoms with Crippen LogP contribution in [0.5, 0.6) is 17.2 Å². The van der Waals surface area contributed by atoms with Crippen LogP contribution in [0.1, 0.15) is 17.9 Å². The minimum Gasteiger partial charge on any atom is -0.493 e. The second kappa shape index (κ2) is 7.70. The molecule has 0 saturated carbocycles. The van der Waals surface area contributed by atoms with Crippen LogP contribution in [0.25, 0.3) is 0 Å². The molecule has 2 heterocycles. The first-order chi connectivity index (χ1) is 14.5. The molecule has 0 radical (unpaired) electrons. The van der Waals surface area contributed by atoms with Crippen LogP contribution in [0.4, 0.5) is 10.1 Å². The van der Waals surface area contributed by atoms with Gasteiger partial charge in [0.15, 0.2) is 11.5 Å². The maximum atomic E-state index is 13.8. The van der Waals surface area contributed by atoms with E-state index in [1.54, 1.807) is 18.2 Å². The van der Waals surface area contributed by atoms with Crippen LogP contribution in [-0.4, -0.2) is 39.8 Å². The van der Waals surface area contributed by atoms with E-state index < -0.39 is 17.7 Å². The van der Waals surface area contributed by atoms with Crippen LogP contribution < -0.4 is 19.1 Å². The maximum absolute atomic E-state index is 13.8. The highest BCUT2D eigenvalue weighted by molar-refractivity contribution is 6.06. The van der Waals surface area contributed by atoms with Crippen molar-refractivity contribution in [1.82, 2.24) is 0 Å². The van der Waals surface area contributed by atoms with Crippen molar-refractivity contribution in [2.75, 3.05) is 32.8 Å². The van der Waals surface area contributed by atoms with Gasteiger partial charge >= 0.3 is 5.97 Å². The van der Waals surface area contributed by atoms with Gasteiger partial charge in [0.05, 0.1) is 38.3 Å². The number of carbonyl (C=O) groups is 2. The summed E-state index contributed by atoms with van der Waals surface area (Å²) in [4.78, 5) is 27.1. The van der Waals surface area contributed by atoms with Crippen LogP contribution in [0.2, 0.25) is 0 Å². The summed E-state index contributed by atoms with van der Waals surface area (Å²) in [6, 6.07) is 9.11. The molecule has 0 bridgehead atoms. The molecular formula is C22H20FNO6. The van der Waals surface area contributed by atoms with Gasteiger partial charge in [-0.05, 0) is 24.3 Å².